The third kappa shape index (κ3) is 2.90. The number of amides is 1. The number of rotatable bonds is 1. The van der Waals surface area contributed by atoms with E-state index in [2.05, 4.69) is 30.8 Å². The summed E-state index contributed by atoms with van der Waals surface area (Å²) in [5.41, 5.74) is 5.61. The van der Waals surface area contributed by atoms with Crippen LogP contribution in [0.2, 0.25) is 0 Å². The van der Waals surface area contributed by atoms with E-state index in [1.54, 1.807) is 13.1 Å². The van der Waals surface area contributed by atoms with Crippen molar-refractivity contribution >= 4 is 33.6 Å². The van der Waals surface area contributed by atoms with Crippen LogP contribution in [0.15, 0.2) is 10.7 Å². The molecule has 98 valence electrons. The van der Waals surface area contributed by atoms with Crippen molar-refractivity contribution in [2.45, 2.75) is 13.3 Å². The lowest BCUT2D eigenvalue weighted by molar-refractivity contribution is -0.128. The van der Waals surface area contributed by atoms with E-state index in [-0.39, 0.29) is 11.9 Å². The molecular weight excluding hydrogens is 298 g/mol. The number of hydrogen-bond acceptors (Lipinski definition) is 5. The van der Waals surface area contributed by atoms with Crippen molar-refractivity contribution in [3.05, 3.63) is 10.7 Å². The minimum absolute atomic E-state index is 0.123. The molecule has 7 heteroatoms. The number of nitrogen functional groups attached to an aromatic ring is 1. The summed E-state index contributed by atoms with van der Waals surface area (Å²) in [4.78, 5) is 23.5. The SMILES string of the molecule is CC(=O)N1CCCN(c2nc(N)ncc2Br)CC1. The van der Waals surface area contributed by atoms with Gasteiger partial charge < -0.3 is 15.5 Å². The Morgan fingerprint density at radius 3 is 2.89 bits per heavy atom. The summed E-state index contributed by atoms with van der Waals surface area (Å²) >= 11 is 3.43. The van der Waals surface area contributed by atoms with Crippen molar-refractivity contribution in [2.75, 3.05) is 36.8 Å². The van der Waals surface area contributed by atoms with Gasteiger partial charge in [0.25, 0.3) is 0 Å². The van der Waals surface area contributed by atoms with Crippen LogP contribution in [-0.2, 0) is 4.79 Å². The minimum atomic E-state index is 0.123. The standard InChI is InChI=1S/C11H16BrN5O/c1-8(18)16-3-2-4-17(6-5-16)10-9(12)7-14-11(13)15-10/h7H,2-6H2,1H3,(H2,13,14,15). The third-order valence-corrected chi connectivity index (χ3v) is 3.54. The average Bonchev–Trinajstić information content (AvgIpc) is 2.58. The van der Waals surface area contributed by atoms with Gasteiger partial charge in [-0.3, -0.25) is 4.79 Å². The summed E-state index contributed by atoms with van der Waals surface area (Å²) in [6.07, 6.45) is 2.58. The van der Waals surface area contributed by atoms with Gasteiger partial charge in [0.15, 0.2) is 0 Å². The van der Waals surface area contributed by atoms with Gasteiger partial charge in [-0.15, -0.1) is 0 Å². The molecule has 2 N–H and O–H groups in total. The van der Waals surface area contributed by atoms with E-state index >= 15 is 0 Å². The fourth-order valence-corrected chi connectivity index (χ4v) is 2.48. The van der Waals surface area contributed by atoms with Gasteiger partial charge in [0, 0.05) is 39.3 Å². The first-order chi connectivity index (χ1) is 8.58. The molecule has 6 nitrogen and oxygen atoms in total. The number of carbonyl (C=O) groups is 1. The smallest absolute Gasteiger partial charge is 0.222 e. The molecule has 1 amide bonds. The van der Waals surface area contributed by atoms with Crippen molar-refractivity contribution in [3.63, 3.8) is 0 Å². The maximum Gasteiger partial charge on any atom is 0.222 e. The fraction of sp³-hybridized carbons (Fsp3) is 0.545. The van der Waals surface area contributed by atoms with Crippen LogP contribution in [0.25, 0.3) is 0 Å². The van der Waals surface area contributed by atoms with Crippen molar-refractivity contribution in [2.24, 2.45) is 0 Å². The summed E-state index contributed by atoms with van der Waals surface area (Å²) in [5.74, 6) is 1.19. The Morgan fingerprint density at radius 2 is 2.17 bits per heavy atom. The minimum Gasteiger partial charge on any atom is -0.368 e. The van der Waals surface area contributed by atoms with Crippen LogP contribution in [0.1, 0.15) is 13.3 Å². The summed E-state index contributed by atoms with van der Waals surface area (Å²) in [6.45, 7) is 4.73. The van der Waals surface area contributed by atoms with Gasteiger partial charge in [-0.25, -0.2) is 4.98 Å². The van der Waals surface area contributed by atoms with Crippen molar-refractivity contribution in [1.29, 1.82) is 0 Å². The van der Waals surface area contributed by atoms with Gasteiger partial charge in [-0.05, 0) is 22.4 Å². The quantitative estimate of drug-likeness (QED) is 0.833. The Morgan fingerprint density at radius 1 is 1.39 bits per heavy atom. The van der Waals surface area contributed by atoms with E-state index in [4.69, 9.17) is 5.73 Å². The zero-order valence-corrected chi connectivity index (χ0v) is 11.9. The van der Waals surface area contributed by atoms with Crippen LogP contribution >= 0.6 is 15.9 Å². The lowest BCUT2D eigenvalue weighted by Crippen LogP contribution is -2.34. The van der Waals surface area contributed by atoms with E-state index < -0.39 is 0 Å². The molecule has 1 fully saturated rings. The summed E-state index contributed by atoms with van der Waals surface area (Å²) in [7, 11) is 0. The molecule has 0 bridgehead atoms. The van der Waals surface area contributed by atoms with Crippen LogP contribution < -0.4 is 10.6 Å². The van der Waals surface area contributed by atoms with Crippen molar-refractivity contribution in [3.8, 4) is 0 Å². The molecule has 0 aliphatic carbocycles. The van der Waals surface area contributed by atoms with Gasteiger partial charge in [0.1, 0.15) is 5.82 Å². The van der Waals surface area contributed by atoms with Gasteiger partial charge in [-0.2, -0.15) is 4.98 Å². The van der Waals surface area contributed by atoms with Crippen molar-refractivity contribution < 1.29 is 4.79 Å². The molecule has 1 aliphatic heterocycles. The second-order valence-corrected chi connectivity index (χ2v) is 5.10. The number of carbonyl (C=O) groups excluding carboxylic acids is 1. The summed E-state index contributed by atoms with van der Waals surface area (Å²) < 4.78 is 0.827. The molecular formula is C11H16BrN5O. The predicted molar refractivity (Wildman–Crippen MR) is 73.2 cm³/mol. The molecule has 1 saturated heterocycles. The lowest BCUT2D eigenvalue weighted by atomic mass is 10.3. The summed E-state index contributed by atoms with van der Waals surface area (Å²) in [6, 6.07) is 0. The van der Waals surface area contributed by atoms with Gasteiger partial charge in [0.2, 0.25) is 11.9 Å². The maximum atomic E-state index is 11.4. The highest BCUT2D eigenvalue weighted by molar-refractivity contribution is 9.10. The van der Waals surface area contributed by atoms with Gasteiger partial charge in [0.05, 0.1) is 4.47 Å². The van der Waals surface area contributed by atoms with Crippen LogP contribution in [0.5, 0.6) is 0 Å². The lowest BCUT2D eigenvalue weighted by Gasteiger charge is -2.23. The number of nitrogens with zero attached hydrogens (tertiary/aromatic N) is 4. The molecule has 1 aromatic heterocycles. The van der Waals surface area contributed by atoms with E-state index in [0.717, 1.165) is 36.3 Å². The number of nitrogens with two attached hydrogens (primary N) is 1. The van der Waals surface area contributed by atoms with E-state index in [0.29, 0.717) is 6.54 Å². The second-order valence-electron chi connectivity index (χ2n) is 4.25. The summed E-state index contributed by atoms with van der Waals surface area (Å²) in [5, 5.41) is 0. The molecule has 0 saturated carbocycles. The maximum absolute atomic E-state index is 11.4. The van der Waals surface area contributed by atoms with Crippen LogP contribution in [0, 0.1) is 0 Å². The van der Waals surface area contributed by atoms with Crippen LogP contribution in [0.3, 0.4) is 0 Å². The highest BCUT2D eigenvalue weighted by atomic mass is 79.9. The van der Waals surface area contributed by atoms with Gasteiger partial charge in [-0.1, -0.05) is 0 Å². The Bertz CT molecular complexity index is 453. The van der Waals surface area contributed by atoms with Crippen molar-refractivity contribution in [1.82, 2.24) is 14.9 Å². The number of aromatic nitrogens is 2. The Labute approximate surface area is 114 Å². The Kier molecular flexibility index (Phi) is 4.00. The molecule has 1 aromatic rings. The predicted octanol–water partition coefficient (Wildman–Crippen LogP) is 0.880. The van der Waals surface area contributed by atoms with E-state index in [1.807, 2.05) is 4.90 Å². The van der Waals surface area contributed by atoms with Crippen LogP contribution in [0.4, 0.5) is 11.8 Å². The molecule has 0 aromatic carbocycles. The number of anilines is 2. The molecule has 18 heavy (non-hydrogen) atoms. The molecule has 0 spiro atoms. The molecule has 0 atom stereocenters. The zero-order chi connectivity index (χ0) is 13.1. The normalized spacial score (nSPS) is 16.6. The second kappa shape index (κ2) is 5.51. The highest BCUT2D eigenvalue weighted by Crippen LogP contribution is 2.24. The number of halogens is 1. The Balaban J connectivity index is 2.14. The zero-order valence-electron chi connectivity index (χ0n) is 10.3. The third-order valence-electron chi connectivity index (χ3n) is 2.98. The first-order valence-electron chi connectivity index (χ1n) is 5.86. The average molecular weight is 314 g/mol. The molecule has 0 unspecified atom stereocenters. The molecule has 2 rings (SSSR count). The first-order valence-corrected chi connectivity index (χ1v) is 6.65. The number of hydrogen-bond donors (Lipinski definition) is 1. The van der Waals surface area contributed by atoms with E-state index in [9.17, 15) is 4.79 Å². The van der Waals surface area contributed by atoms with Crippen LogP contribution in [-0.4, -0.2) is 47.0 Å². The molecule has 2 heterocycles. The largest absolute Gasteiger partial charge is 0.368 e. The Hall–Kier alpha value is -1.37. The molecule has 0 radical (unpaired) electrons. The monoisotopic (exact) mass is 313 g/mol. The topological polar surface area (TPSA) is 75.4 Å². The fourth-order valence-electron chi connectivity index (χ4n) is 2.04. The highest BCUT2D eigenvalue weighted by Gasteiger charge is 2.19. The first kappa shape index (κ1) is 13.1. The van der Waals surface area contributed by atoms with Gasteiger partial charge >= 0.3 is 0 Å². The molecule has 1 aliphatic rings. The van der Waals surface area contributed by atoms with E-state index in [1.165, 1.54) is 0 Å².